The number of benzene rings is 2. The zero-order chi connectivity index (χ0) is 17.4. The van der Waals surface area contributed by atoms with Gasteiger partial charge in [-0.25, -0.2) is 0 Å². The first-order chi connectivity index (χ1) is 11.5. The van der Waals surface area contributed by atoms with Gasteiger partial charge in [-0.15, -0.1) is 0 Å². The lowest BCUT2D eigenvalue weighted by Crippen LogP contribution is -2.19. The number of rotatable bonds is 5. The van der Waals surface area contributed by atoms with Gasteiger partial charge in [0.05, 0.1) is 0 Å². The van der Waals surface area contributed by atoms with E-state index >= 15 is 0 Å². The number of alkyl halides is 3. The summed E-state index contributed by atoms with van der Waals surface area (Å²) < 4.78 is 40.9. The summed E-state index contributed by atoms with van der Waals surface area (Å²) in [6, 6.07) is 14.4. The smallest absolute Gasteiger partial charge is 0.422 e. The van der Waals surface area contributed by atoms with E-state index in [4.69, 9.17) is 0 Å². The van der Waals surface area contributed by atoms with Gasteiger partial charge in [-0.2, -0.15) is 13.2 Å². The molecule has 1 nitrogen and oxygen atoms in total. The van der Waals surface area contributed by atoms with Crippen molar-refractivity contribution in [1.29, 1.82) is 0 Å². The number of aryl methyl sites for hydroxylation is 1. The minimum Gasteiger partial charge on any atom is -0.484 e. The third-order valence-electron chi connectivity index (χ3n) is 3.38. The molecule has 0 spiro atoms. The predicted octanol–water partition coefficient (Wildman–Crippen LogP) is 5.37. The molecule has 2 rings (SSSR count). The van der Waals surface area contributed by atoms with Crippen molar-refractivity contribution >= 4 is 0 Å². The fourth-order valence-electron chi connectivity index (χ4n) is 2.08. The molecule has 0 unspecified atom stereocenters. The summed E-state index contributed by atoms with van der Waals surface area (Å²) >= 11 is 0. The number of unbranched alkanes of at least 4 members (excludes halogenated alkanes) is 1. The highest BCUT2D eigenvalue weighted by Gasteiger charge is 2.28. The third kappa shape index (κ3) is 6.37. The first-order valence-corrected chi connectivity index (χ1v) is 7.87. The summed E-state index contributed by atoms with van der Waals surface area (Å²) in [7, 11) is 0. The molecular weight excluding hydrogens is 313 g/mol. The highest BCUT2D eigenvalue weighted by Crippen LogP contribution is 2.18. The van der Waals surface area contributed by atoms with Crippen LogP contribution in [0.5, 0.6) is 5.75 Å². The first kappa shape index (κ1) is 17.9. The highest BCUT2D eigenvalue weighted by molar-refractivity contribution is 5.44. The monoisotopic (exact) mass is 332 g/mol. The Bertz CT molecular complexity index is 689. The molecule has 0 atom stereocenters. The van der Waals surface area contributed by atoms with Crippen molar-refractivity contribution in [1.82, 2.24) is 0 Å². The number of hydrogen-bond acceptors (Lipinski definition) is 1. The second-order valence-corrected chi connectivity index (χ2v) is 5.48. The Labute approximate surface area is 140 Å². The predicted molar refractivity (Wildman–Crippen MR) is 89.0 cm³/mol. The lowest BCUT2D eigenvalue weighted by molar-refractivity contribution is -0.153. The van der Waals surface area contributed by atoms with Crippen LogP contribution in [-0.4, -0.2) is 12.8 Å². The molecule has 0 aliphatic carbocycles. The summed E-state index contributed by atoms with van der Waals surface area (Å²) in [5, 5.41) is 0. The van der Waals surface area contributed by atoms with Gasteiger partial charge in [0.25, 0.3) is 0 Å². The van der Waals surface area contributed by atoms with Crippen LogP contribution >= 0.6 is 0 Å². The Balaban J connectivity index is 1.95. The minimum atomic E-state index is -4.33. The van der Waals surface area contributed by atoms with Crippen molar-refractivity contribution < 1.29 is 17.9 Å². The van der Waals surface area contributed by atoms with E-state index in [-0.39, 0.29) is 5.75 Å². The van der Waals surface area contributed by atoms with Gasteiger partial charge in [0.15, 0.2) is 6.61 Å². The normalized spacial score (nSPS) is 10.8. The maximum atomic E-state index is 12.1. The van der Waals surface area contributed by atoms with Gasteiger partial charge in [0, 0.05) is 11.1 Å². The summed E-state index contributed by atoms with van der Waals surface area (Å²) in [6.45, 7) is 0.877. The zero-order valence-corrected chi connectivity index (χ0v) is 13.5. The molecule has 0 aliphatic heterocycles. The molecule has 0 aromatic heterocycles. The van der Waals surface area contributed by atoms with Crippen molar-refractivity contribution in [2.45, 2.75) is 32.4 Å². The fourth-order valence-corrected chi connectivity index (χ4v) is 2.08. The molecule has 0 radical (unpaired) electrons. The summed E-state index contributed by atoms with van der Waals surface area (Å²) in [4.78, 5) is 0. The SMILES string of the molecule is CCCCc1ccc(C#Cc2ccc(OCC(F)(F)F)cc2)cc1. The Hall–Kier alpha value is -2.41. The molecule has 24 heavy (non-hydrogen) atoms. The van der Waals surface area contributed by atoms with Crippen LogP contribution in [0.15, 0.2) is 48.5 Å². The largest absolute Gasteiger partial charge is 0.484 e. The molecule has 4 heteroatoms. The van der Waals surface area contributed by atoms with E-state index in [1.54, 1.807) is 12.1 Å². The molecule has 0 saturated carbocycles. The average Bonchev–Trinajstić information content (AvgIpc) is 2.57. The van der Waals surface area contributed by atoms with Crippen molar-refractivity contribution in [2.75, 3.05) is 6.61 Å². The molecular formula is C20H19F3O. The van der Waals surface area contributed by atoms with Crippen LogP contribution in [0.4, 0.5) is 13.2 Å². The molecule has 0 heterocycles. The van der Waals surface area contributed by atoms with Crippen molar-refractivity contribution in [3.05, 3.63) is 65.2 Å². The Morgan fingerprint density at radius 3 is 1.92 bits per heavy atom. The molecule has 0 amide bonds. The van der Waals surface area contributed by atoms with Gasteiger partial charge >= 0.3 is 6.18 Å². The van der Waals surface area contributed by atoms with Crippen LogP contribution < -0.4 is 4.74 Å². The van der Waals surface area contributed by atoms with Gasteiger partial charge in [0.2, 0.25) is 0 Å². The fraction of sp³-hybridized carbons (Fsp3) is 0.300. The molecule has 2 aromatic carbocycles. The topological polar surface area (TPSA) is 9.23 Å². The first-order valence-electron chi connectivity index (χ1n) is 7.87. The second kappa shape index (κ2) is 8.44. The van der Waals surface area contributed by atoms with E-state index in [9.17, 15) is 13.2 Å². The Morgan fingerprint density at radius 2 is 1.42 bits per heavy atom. The number of hydrogen-bond donors (Lipinski definition) is 0. The number of halogens is 3. The van der Waals surface area contributed by atoms with E-state index in [1.165, 1.54) is 30.5 Å². The van der Waals surface area contributed by atoms with E-state index in [1.807, 2.05) is 12.1 Å². The second-order valence-electron chi connectivity index (χ2n) is 5.48. The van der Waals surface area contributed by atoms with Crippen LogP contribution in [0.3, 0.4) is 0 Å². The van der Waals surface area contributed by atoms with Crippen LogP contribution in [0.1, 0.15) is 36.5 Å². The molecule has 0 bridgehead atoms. The van der Waals surface area contributed by atoms with E-state index in [2.05, 4.69) is 35.6 Å². The van der Waals surface area contributed by atoms with Gasteiger partial charge in [-0.05, 0) is 54.8 Å². The zero-order valence-electron chi connectivity index (χ0n) is 13.5. The van der Waals surface area contributed by atoms with Gasteiger partial charge in [0.1, 0.15) is 5.75 Å². The lowest BCUT2D eigenvalue weighted by atomic mass is 10.1. The Morgan fingerprint density at radius 1 is 0.875 bits per heavy atom. The van der Waals surface area contributed by atoms with E-state index in [0.717, 1.165) is 17.5 Å². The molecule has 0 N–H and O–H groups in total. The maximum Gasteiger partial charge on any atom is 0.422 e. The average molecular weight is 332 g/mol. The Kier molecular flexibility index (Phi) is 6.31. The minimum absolute atomic E-state index is 0.179. The van der Waals surface area contributed by atoms with E-state index < -0.39 is 12.8 Å². The standard InChI is InChI=1S/C20H19F3O/c1-2-3-4-16-5-7-17(8-6-16)9-10-18-11-13-19(14-12-18)24-15-20(21,22)23/h5-8,11-14H,2-4,15H2,1H3. The third-order valence-corrected chi connectivity index (χ3v) is 3.38. The van der Waals surface area contributed by atoms with Crippen molar-refractivity contribution in [2.24, 2.45) is 0 Å². The summed E-state index contributed by atoms with van der Waals surface area (Å²) in [6.07, 6.45) is -0.913. The number of ether oxygens (including phenoxy) is 1. The molecule has 2 aromatic rings. The highest BCUT2D eigenvalue weighted by atomic mass is 19.4. The molecule has 0 aliphatic rings. The van der Waals surface area contributed by atoms with Crippen LogP contribution in [0, 0.1) is 11.8 Å². The van der Waals surface area contributed by atoms with Crippen LogP contribution in [0.25, 0.3) is 0 Å². The van der Waals surface area contributed by atoms with Crippen LogP contribution in [-0.2, 0) is 6.42 Å². The van der Waals surface area contributed by atoms with Crippen molar-refractivity contribution in [3.63, 3.8) is 0 Å². The van der Waals surface area contributed by atoms with Crippen LogP contribution in [0.2, 0.25) is 0 Å². The maximum absolute atomic E-state index is 12.1. The van der Waals surface area contributed by atoms with Gasteiger partial charge < -0.3 is 4.74 Å². The molecule has 126 valence electrons. The summed E-state index contributed by atoms with van der Waals surface area (Å²) in [5.41, 5.74) is 2.94. The van der Waals surface area contributed by atoms with E-state index in [0.29, 0.717) is 0 Å². The summed E-state index contributed by atoms with van der Waals surface area (Å²) in [5.74, 6) is 6.22. The quantitative estimate of drug-likeness (QED) is 0.669. The van der Waals surface area contributed by atoms with Crippen molar-refractivity contribution in [3.8, 4) is 17.6 Å². The molecule has 0 saturated heterocycles. The van der Waals surface area contributed by atoms with Gasteiger partial charge in [-0.3, -0.25) is 0 Å². The van der Waals surface area contributed by atoms with Gasteiger partial charge in [-0.1, -0.05) is 37.3 Å². The molecule has 0 fully saturated rings. The lowest BCUT2D eigenvalue weighted by Gasteiger charge is -2.08.